The van der Waals surface area contributed by atoms with Gasteiger partial charge in [0.15, 0.2) is 5.65 Å². The lowest BCUT2D eigenvalue weighted by Gasteiger charge is -1.98. The Kier molecular flexibility index (Phi) is 2.36. The molecule has 0 aliphatic carbocycles. The monoisotopic (exact) mass is 277 g/mol. The third-order valence-corrected chi connectivity index (χ3v) is 2.33. The Balaban J connectivity index is 2.87. The summed E-state index contributed by atoms with van der Waals surface area (Å²) in [5, 5.41) is 1.09. The minimum absolute atomic E-state index is 0.104. The fourth-order valence-corrected chi connectivity index (χ4v) is 1.68. The van der Waals surface area contributed by atoms with E-state index in [1.54, 1.807) is 12.3 Å². The SMILES string of the molecule is Clc1nc(Cl)c2cc(Br)cnc2n1. The van der Waals surface area contributed by atoms with E-state index in [1.165, 1.54) is 0 Å². The lowest BCUT2D eigenvalue weighted by molar-refractivity contribution is 1.18. The molecular formula is C7H2BrCl2N3. The maximum atomic E-state index is 5.84. The lowest BCUT2D eigenvalue weighted by Crippen LogP contribution is -1.89. The van der Waals surface area contributed by atoms with Crippen LogP contribution >= 0.6 is 39.1 Å². The van der Waals surface area contributed by atoms with Crippen molar-refractivity contribution in [2.24, 2.45) is 0 Å². The lowest BCUT2D eigenvalue weighted by atomic mass is 10.3. The molecule has 0 saturated carbocycles. The van der Waals surface area contributed by atoms with Gasteiger partial charge in [-0.1, -0.05) is 11.6 Å². The highest BCUT2D eigenvalue weighted by molar-refractivity contribution is 9.10. The molecule has 0 radical (unpaired) electrons. The first kappa shape index (κ1) is 9.12. The van der Waals surface area contributed by atoms with E-state index in [0.29, 0.717) is 16.2 Å². The van der Waals surface area contributed by atoms with Gasteiger partial charge in [-0.05, 0) is 33.6 Å². The van der Waals surface area contributed by atoms with Crippen LogP contribution in [0.4, 0.5) is 0 Å². The number of halogens is 3. The van der Waals surface area contributed by atoms with Crippen LogP contribution in [0.2, 0.25) is 10.4 Å². The van der Waals surface area contributed by atoms with Gasteiger partial charge in [0.1, 0.15) is 5.15 Å². The van der Waals surface area contributed by atoms with Crippen LogP contribution in [0.15, 0.2) is 16.7 Å². The van der Waals surface area contributed by atoms with Crippen molar-refractivity contribution in [3.05, 3.63) is 27.2 Å². The van der Waals surface area contributed by atoms with Gasteiger partial charge in [-0.2, -0.15) is 4.98 Å². The maximum Gasteiger partial charge on any atom is 0.225 e. The Labute approximate surface area is 92.2 Å². The molecule has 0 aliphatic rings. The largest absolute Gasteiger partial charge is 0.235 e. The molecule has 0 fully saturated rings. The Bertz CT molecular complexity index is 474. The van der Waals surface area contributed by atoms with Crippen LogP contribution in [-0.4, -0.2) is 15.0 Å². The van der Waals surface area contributed by atoms with Crippen LogP contribution in [0.5, 0.6) is 0 Å². The number of aromatic nitrogens is 3. The first-order chi connectivity index (χ1) is 6.16. The maximum absolute atomic E-state index is 5.84. The van der Waals surface area contributed by atoms with E-state index < -0.39 is 0 Å². The quantitative estimate of drug-likeness (QED) is 0.549. The van der Waals surface area contributed by atoms with E-state index in [2.05, 4.69) is 30.9 Å². The van der Waals surface area contributed by atoms with Crippen LogP contribution in [-0.2, 0) is 0 Å². The molecule has 0 aliphatic heterocycles. The smallest absolute Gasteiger partial charge is 0.225 e. The Morgan fingerprint density at radius 1 is 1.23 bits per heavy atom. The fraction of sp³-hybridized carbons (Fsp3) is 0. The van der Waals surface area contributed by atoms with Gasteiger partial charge in [-0.3, -0.25) is 0 Å². The summed E-state index contributed by atoms with van der Waals surface area (Å²) >= 11 is 14.7. The molecule has 0 amide bonds. The van der Waals surface area contributed by atoms with Crippen molar-refractivity contribution < 1.29 is 0 Å². The topological polar surface area (TPSA) is 38.7 Å². The molecule has 6 heteroatoms. The van der Waals surface area contributed by atoms with E-state index in [4.69, 9.17) is 23.2 Å². The van der Waals surface area contributed by atoms with Gasteiger partial charge in [0.25, 0.3) is 0 Å². The van der Waals surface area contributed by atoms with Gasteiger partial charge in [-0.25, -0.2) is 9.97 Å². The average molecular weight is 279 g/mol. The van der Waals surface area contributed by atoms with E-state index >= 15 is 0 Å². The minimum Gasteiger partial charge on any atom is -0.235 e. The normalized spacial score (nSPS) is 10.7. The number of rotatable bonds is 0. The Hall–Kier alpha value is -0.450. The van der Waals surface area contributed by atoms with Crippen LogP contribution in [0.1, 0.15) is 0 Å². The van der Waals surface area contributed by atoms with Crippen molar-refractivity contribution in [1.29, 1.82) is 0 Å². The summed E-state index contributed by atoms with van der Waals surface area (Å²) < 4.78 is 0.827. The van der Waals surface area contributed by atoms with Crippen molar-refractivity contribution in [2.45, 2.75) is 0 Å². The molecule has 0 unspecified atom stereocenters. The van der Waals surface area contributed by atoms with Crippen molar-refractivity contribution in [2.75, 3.05) is 0 Å². The van der Waals surface area contributed by atoms with Gasteiger partial charge in [0.05, 0.1) is 5.39 Å². The Morgan fingerprint density at radius 2 is 2.00 bits per heavy atom. The van der Waals surface area contributed by atoms with Gasteiger partial charge >= 0.3 is 0 Å². The van der Waals surface area contributed by atoms with Crippen molar-refractivity contribution in [1.82, 2.24) is 15.0 Å². The number of hydrogen-bond donors (Lipinski definition) is 0. The van der Waals surface area contributed by atoms with E-state index in [0.717, 1.165) is 4.47 Å². The summed E-state index contributed by atoms with van der Waals surface area (Å²) in [7, 11) is 0. The molecule has 0 aromatic carbocycles. The van der Waals surface area contributed by atoms with Crippen LogP contribution in [0.25, 0.3) is 11.0 Å². The summed E-state index contributed by atoms with van der Waals surface area (Å²) in [6, 6.07) is 1.79. The summed E-state index contributed by atoms with van der Waals surface area (Å²) in [4.78, 5) is 11.8. The number of hydrogen-bond acceptors (Lipinski definition) is 3. The zero-order valence-corrected chi connectivity index (χ0v) is 9.23. The van der Waals surface area contributed by atoms with Gasteiger partial charge in [0.2, 0.25) is 5.28 Å². The van der Waals surface area contributed by atoms with Crippen molar-refractivity contribution in [3.63, 3.8) is 0 Å². The average Bonchev–Trinajstić information content (AvgIpc) is 2.06. The fourth-order valence-electron chi connectivity index (χ4n) is 0.927. The molecule has 2 rings (SSSR count). The highest BCUT2D eigenvalue weighted by Gasteiger charge is 2.05. The van der Waals surface area contributed by atoms with E-state index in [-0.39, 0.29) is 5.28 Å². The molecule has 0 N–H and O–H groups in total. The number of pyridine rings is 1. The van der Waals surface area contributed by atoms with Crippen LogP contribution in [0.3, 0.4) is 0 Å². The second kappa shape index (κ2) is 3.36. The first-order valence-corrected chi connectivity index (χ1v) is 4.86. The third-order valence-electron chi connectivity index (χ3n) is 1.44. The second-order valence-corrected chi connectivity index (χ2v) is 3.92. The molecular weight excluding hydrogens is 277 g/mol. The number of fused-ring (bicyclic) bond motifs is 1. The van der Waals surface area contributed by atoms with Crippen molar-refractivity contribution >= 4 is 50.2 Å². The summed E-state index contributed by atoms with van der Waals surface area (Å²) in [5.41, 5.74) is 0.494. The molecule has 2 aromatic heterocycles. The predicted molar refractivity (Wildman–Crippen MR) is 55.1 cm³/mol. The van der Waals surface area contributed by atoms with Gasteiger partial charge in [0, 0.05) is 10.7 Å². The molecule has 2 heterocycles. The molecule has 2 aromatic rings. The predicted octanol–water partition coefficient (Wildman–Crippen LogP) is 3.09. The molecule has 0 atom stereocenters. The highest BCUT2D eigenvalue weighted by atomic mass is 79.9. The van der Waals surface area contributed by atoms with Crippen LogP contribution in [0, 0.1) is 0 Å². The molecule has 66 valence electrons. The first-order valence-electron chi connectivity index (χ1n) is 3.31. The zero-order chi connectivity index (χ0) is 9.42. The Morgan fingerprint density at radius 3 is 2.77 bits per heavy atom. The number of nitrogens with zero attached hydrogens (tertiary/aromatic N) is 3. The molecule has 3 nitrogen and oxygen atoms in total. The minimum atomic E-state index is 0.104. The van der Waals surface area contributed by atoms with E-state index in [9.17, 15) is 0 Å². The molecule has 13 heavy (non-hydrogen) atoms. The molecule has 0 spiro atoms. The third kappa shape index (κ3) is 1.75. The van der Waals surface area contributed by atoms with Crippen molar-refractivity contribution in [3.8, 4) is 0 Å². The summed E-state index contributed by atoms with van der Waals surface area (Å²) in [6.45, 7) is 0. The van der Waals surface area contributed by atoms with Crippen LogP contribution < -0.4 is 0 Å². The zero-order valence-electron chi connectivity index (χ0n) is 6.13. The van der Waals surface area contributed by atoms with Gasteiger partial charge in [-0.15, -0.1) is 0 Å². The molecule has 0 saturated heterocycles. The summed E-state index contributed by atoms with van der Waals surface area (Å²) in [5.74, 6) is 0. The summed E-state index contributed by atoms with van der Waals surface area (Å²) in [6.07, 6.45) is 1.63. The standard InChI is InChI=1S/C7H2BrCl2N3/c8-3-1-4-5(9)12-7(10)13-6(4)11-2-3/h1-2H. The van der Waals surface area contributed by atoms with Gasteiger partial charge < -0.3 is 0 Å². The molecule has 0 bridgehead atoms. The van der Waals surface area contributed by atoms with E-state index in [1.807, 2.05) is 0 Å². The highest BCUT2D eigenvalue weighted by Crippen LogP contribution is 2.23. The second-order valence-electron chi connectivity index (χ2n) is 2.31.